The van der Waals surface area contributed by atoms with Gasteiger partial charge in [-0.15, -0.1) is 0 Å². The van der Waals surface area contributed by atoms with E-state index in [1.165, 1.54) is 18.2 Å². The van der Waals surface area contributed by atoms with Crippen LogP contribution in [0.4, 0.5) is 5.69 Å². The molecule has 0 bridgehead atoms. The summed E-state index contributed by atoms with van der Waals surface area (Å²) in [6.07, 6.45) is 0. The van der Waals surface area contributed by atoms with E-state index in [1.54, 1.807) is 24.3 Å². The summed E-state index contributed by atoms with van der Waals surface area (Å²) >= 11 is 5.83. The van der Waals surface area contributed by atoms with Crippen molar-refractivity contribution < 1.29 is 24.6 Å². The van der Waals surface area contributed by atoms with Crippen molar-refractivity contribution in [2.75, 3.05) is 5.32 Å². The molecular formula is C17H11ClN2O5. The first-order valence-electron chi connectivity index (χ1n) is 7.06. The number of anilines is 1. The molecule has 0 fully saturated rings. The molecule has 0 atom stereocenters. The van der Waals surface area contributed by atoms with Crippen LogP contribution in [0.1, 0.15) is 15.9 Å². The van der Waals surface area contributed by atoms with Gasteiger partial charge in [-0.05, 0) is 35.9 Å². The number of nitrogens with one attached hydrogen (secondary N) is 2. The Labute approximate surface area is 146 Å². The maximum absolute atomic E-state index is 12.1. The average Bonchev–Trinajstić information content (AvgIpc) is 2.84. The van der Waals surface area contributed by atoms with Gasteiger partial charge in [0.15, 0.2) is 0 Å². The van der Waals surface area contributed by atoms with Crippen LogP contribution in [0.25, 0.3) is 5.57 Å². The molecule has 1 aliphatic rings. The molecule has 4 N–H and O–H groups in total. The molecule has 3 rings (SSSR count). The standard InChI is InChI=1S/C17H11ClN2O5/c18-9-3-1-8(2-4-9)13-14(16(23)20-15(13)22)19-10-5-6-12(21)11(7-10)17(24)25/h1-7,21H,(H,24,25)(H2,19,20,22,23). The van der Waals surface area contributed by atoms with Crippen LogP contribution < -0.4 is 10.6 Å². The minimum Gasteiger partial charge on any atom is -0.507 e. The molecule has 2 amide bonds. The van der Waals surface area contributed by atoms with E-state index in [0.717, 1.165) is 0 Å². The zero-order chi connectivity index (χ0) is 18.1. The number of carbonyl (C=O) groups is 3. The molecule has 1 heterocycles. The fraction of sp³-hybridized carbons (Fsp3) is 0. The number of carboxylic acids is 1. The number of hydrogen-bond acceptors (Lipinski definition) is 5. The first-order valence-corrected chi connectivity index (χ1v) is 7.44. The smallest absolute Gasteiger partial charge is 0.339 e. The summed E-state index contributed by atoms with van der Waals surface area (Å²) in [4.78, 5) is 35.3. The highest BCUT2D eigenvalue weighted by Gasteiger charge is 2.31. The van der Waals surface area contributed by atoms with Crippen molar-refractivity contribution in [1.29, 1.82) is 0 Å². The molecule has 0 aliphatic carbocycles. The van der Waals surface area contributed by atoms with Crippen LogP contribution in [0.15, 0.2) is 48.2 Å². The van der Waals surface area contributed by atoms with Crippen LogP contribution in [0, 0.1) is 0 Å². The Morgan fingerprint density at radius 1 is 1.04 bits per heavy atom. The van der Waals surface area contributed by atoms with E-state index in [1.807, 2.05) is 0 Å². The number of hydrogen-bond donors (Lipinski definition) is 4. The second-order valence-electron chi connectivity index (χ2n) is 5.20. The molecule has 1 aliphatic heterocycles. The van der Waals surface area contributed by atoms with Gasteiger partial charge >= 0.3 is 5.97 Å². The minimum absolute atomic E-state index is 0.0191. The van der Waals surface area contributed by atoms with Crippen LogP contribution in [-0.4, -0.2) is 28.0 Å². The van der Waals surface area contributed by atoms with Gasteiger partial charge in [0.2, 0.25) is 0 Å². The second kappa shape index (κ2) is 6.29. The fourth-order valence-corrected chi connectivity index (χ4v) is 2.52. The summed E-state index contributed by atoms with van der Waals surface area (Å²) in [5, 5.41) is 24.0. The predicted octanol–water partition coefficient (Wildman–Crippen LogP) is 2.22. The van der Waals surface area contributed by atoms with Gasteiger partial charge < -0.3 is 15.5 Å². The van der Waals surface area contributed by atoms with Crippen molar-refractivity contribution in [1.82, 2.24) is 5.32 Å². The van der Waals surface area contributed by atoms with Crippen molar-refractivity contribution in [3.8, 4) is 5.75 Å². The summed E-state index contributed by atoms with van der Waals surface area (Å²) in [6.45, 7) is 0. The van der Waals surface area contributed by atoms with Gasteiger partial charge in [0.25, 0.3) is 11.8 Å². The maximum atomic E-state index is 12.1. The van der Waals surface area contributed by atoms with Crippen LogP contribution in [0.3, 0.4) is 0 Å². The van der Waals surface area contributed by atoms with Gasteiger partial charge in [0, 0.05) is 10.7 Å². The summed E-state index contributed by atoms with van der Waals surface area (Å²) in [5.41, 5.74) is 0.485. The van der Waals surface area contributed by atoms with Crippen molar-refractivity contribution in [2.24, 2.45) is 0 Å². The molecule has 126 valence electrons. The van der Waals surface area contributed by atoms with Gasteiger partial charge in [-0.3, -0.25) is 14.9 Å². The van der Waals surface area contributed by atoms with Gasteiger partial charge in [-0.1, -0.05) is 23.7 Å². The lowest BCUT2D eigenvalue weighted by Gasteiger charge is -2.09. The Kier molecular flexibility index (Phi) is 4.16. The molecule has 0 saturated heterocycles. The van der Waals surface area contributed by atoms with E-state index in [4.69, 9.17) is 16.7 Å². The van der Waals surface area contributed by atoms with E-state index in [-0.39, 0.29) is 22.5 Å². The summed E-state index contributed by atoms with van der Waals surface area (Å²) < 4.78 is 0. The van der Waals surface area contributed by atoms with Crippen molar-refractivity contribution in [2.45, 2.75) is 0 Å². The van der Waals surface area contributed by atoms with E-state index in [9.17, 15) is 19.5 Å². The number of carboxylic acid groups (broad SMARTS) is 1. The number of aromatic hydroxyl groups is 1. The molecule has 0 spiro atoms. The molecular weight excluding hydrogens is 348 g/mol. The molecule has 0 radical (unpaired) electrons. The number of carbonyl (C=O) groups excluding carboxylic acids is 2. The van der Waals surface area contributed by atoms with Crippen molar-refractivity contribution >= 4 is 40.6 Å². The monoisotopic (exact) mass is 358 g/mol. The number of aromatic carboxylic acids is 1. The quantitative estimate of drug-likeness (QED) is 0.492. The second-order valence-corrected chi connectivity index (χ2v) is 5.64. The number of halogens is 1. The highest BCUT2D eigenvalue weighted by atomic mass is 35.5. The number of rotatable bonds is 4. The maximum Gasteiger partial charge on any atom is 0.339 e. The summed E-state index contributed by atoms with van der Waals surface area (Å²) in [5.74, 6) is -2.94. The van der Waals surface area contributed by atoms with Crippen LogP contribution in [0.5, 0.6) is 5.75 Å². The number of benzene rings is 2. The lowest BCUT2D eigenvalue weighted by molar-refractivity contribution is -0.123. The molecule has 7 nitrogen and oxygen atoms in total. The third kappa shape index (κ3) is 3.17. The van der Waals surface area contributed by atoms with Crippen LogP contribution >= 0.6 is 11.6 Å². The Balaban J connectivity index is 2.05. The van der Waals surface area contributed by atoms with E-state index in [2.05, 4.69) is 10.6 Å². The van der Waals surface area contributed by atoms with Crippen LogP contribution in [-0.2, 0) is 9.59 Å². The fourth-order valence-electron chi connectivity index (χ4n) is 2.40. The number of imide groups is 1. The van der Waals surface area contributed by atoms with Gasteiger partial charge in [-0.2, -0.15) is 0 Å². The lowest BCUT2D eigenvalue weighted by atomic mass is 10.0. The Morgan fingerprint density at radius 3 is 2.36 bits per heavy atom. The topological polar surface area (TPSA) is 116 Å². The van der Waals surface area contributed by atoms with Crippen LogP contribution in [0.2, 0.25) is 5.02 Å². The minimum atomic E-state index is -1.32. The van der Waals surface area contributed by atoms with E-state index >= 15 is 0 Å². The SMILES string of the molecule is O=C1NC(=O)C(c2ccc(Cl)cc2)=C1Nc1ccc(O)c(C(=O)O)c1. The third-order valence-electron chi connectivity index (χ3n) is 3.56. The van der Waals surface area contributed by atoms with Gasteiger partial charge in [-0.25, -0.2) is 4.79 Å². The molecule has 8 heteroatoms. The number of amides is 2. The predicted molar refractivity (Wildman–Crippen MR) is 90.2 cm³/mol. The molecule has 0 aromatic heterocycles. The largest absolute Gasteiger partial charge is 0.507 e. The Morgan fingerprint density at radius 2 is 1.72 bits per heavy atom. The zero-order valence-corrected chi connectivity index (χ0v) is 13.3. The Hall–Kier alpha value is -3.32. The lowest BCUT2D eigenvalue weighted by Crippen LogP contribution is -2.24. The van der Waals surface area contributed by atoms with Crippen molar-refractivity contribution in [3.05, 3.63) is 64.3 Å². The molecule has 2 aromatic rings. The normalized spacial score (nSPS) is 13.8. The zero-order valence-electron chi connectivity index (χ0n) is 12.5. The first-order chi connectivity index (χ1) is 11.9. The Bertz CT molecular complexity index is 935. The summed E-state index contributed by atoms with van der Waals surface area (Å²) in [6, 6.07) is 10.1. The van der Waals surface area contributed by atoms with E-state index < -0.39 is 23.5 Å². The third-order valence-corrected chi connectivity index (χ3v) is 3.81. The highest BCUT2D eigenvalue weighted by molar-refractivity contribution is 6.37. The first kappa shape index (κ1) is 16.5. The average molecular weight is 359 g/mol. The molecule has 2 aromatic carbocycles. The molecule has 0 saturated carbocycles. The summed E-state index contributed by atoms with van der Waals surface area (Å²) in [7, 11) is 0. The number of phenols is 1. The van der Waals surface area contributed by atoms with Gasteiger partial charge in [0.1, 0.15) is 17.0 Å². The highest BCUT2D eigenvalue weighted by Crippen LogP contribution is 2.28. The van der Waals surface area contributed by atoms with E-state index in [0.29, 0.717) is 10.6 Å². The van der Waals surface area contributed by atoms with Crippen molar-refractivity contribution in [3.63, 3.8) is 0 Å². The molecule has 25 heavy (non-hydrogen) atoms. The molecule has 0 unspecified atom stereocenters. The van der Waals surface area contributed by atoms with Gasteiger partial charge in [0.05, 0.1) is 5.57 Å².